The Bertz CT molecular complexity index is 324. The van der Waals surface area contributed by atoms with E-state index in [-0.39, 0.29) is 20.4 Å². The minimum atomic E-state index is 0. The Labute approximate surface area is 129 Å². The molecule has 0 amide bonds. The predicted octanol–water partition coefficient (Wildman–Crippen LogP) is 3.42. The SMILES string of the molecule is Cc1c(C)c(C)c(C)c(C)c1C.[C-]#[O+].[C-]#[O+].[C-]#[O+].[Re]. The molecule has 0 aromatic heterocycles. The van der Waals surface area contributed by atoms with Crippen molar-refractivity contribution < 1.29 is 34.4 Å². The summed E-state index contributed by atoms with van der Waals surface area (Å²) in [5, 5.41) is 0. The normalized spacial score (nSPS) is 6.95. The largest absolute Gasteiger partial charge is 0 e. The fraction of sp³-hybridized carbons (Fsp3) is 0.400. The van der Waals surface area contributed by atoms with Gasteiger partial charge in [0.2, 0.25) is 0 Å². The van der Waals surface area contributed by atoms with Gasteiger partial charge in [-0.3, -0.25) is 0 Å². The second-order valence-electron chi connectivity index (χ2n) is 3.75. The number of hydrogen-bond acceptors (Lipinski definition) is 0. The van der Waals surface area contributed by atoms with Crippen molar-refractivity contribution in [3.8, 4) is 0 Å². The first-order valence-corrected chi connectivity index (χ1v) is 5.11. The molecule has 1 aromatic rings. The molecule has 0 fully saturated rings. The van der Waals surface area contributed by atoms with Crippen LogP contribution < -0.4 is 0 Å². The van der Waals surface area contributed by atoms with Crippen LogP contribution in [0, 0.1) is 61.5 Å². The molecule has 0 aliphatic carbocycles. The fourth-order valence-electron chi connectivity index (χ4n) is 1.69. The van der Waals surface area contributed by atoms with Crippen molar-refractivity contribution >= 4 is 0 Å². The van der Waals surface area contributed by atoms with E-state index in [0.29, 0.717) is 0 Å². The summed E-state index contributed by atoms with van der Waals surface area (Å²) >= 11 is 0. The molecule has 19 heavy (non-hydrogen) atoms. The monoisotopic (exact) mass is 433 g/mol. The first-order valence-electron chi connectivity index (χ1n) is 5.11. The summed E-state index contributed by atoms with van der Waals surface area (Å²) in [5.74, 6) is 0. The number of rotatable bonds is 0. The van der Waals surface area contributed by atoms with E-state index in [0.717, 1.165) is 0 Å². The maximum Gasteiger partial charge on any atom is 0 e. The molecule has 1 rings (SSSR count). The van der Waals surface area contributed by atoms with Gasteiger partial charge in [0.1, 0.15) is 0 Å². The van der Waals surface area contributed by atoms with E-state index in [4.69, 9.17) is 14.0 Å². The van der Waals surface area contributed by atoms with E-state index in [1.165, 1.54) is 33.4 Å². The van der Waals surface area contributed by atoms with Crippen molar-refractivity contribution in [1.29, 1.82) is 0 Å². The summed E-state index contributed by atoms with van der Waals surface area (Å²) in [6.45, 7) is 26.8. The molecular weight excluding hydrogens is 414 g/mol. The van der Waals surface area contributed by atoms with E-state index in [1.54, 1.807) is 0 Å². The second kappa shape index (κ2) is 15.2. The van der Waals surface area contributed by atoms with Crippen LogP contribution in [0.15, 0.2) is 0 Å². The number of benzene rings is 1. The molecule has 0 N–H and O–H groups in total. The van der Waals surface area contributed by atoms with Crippen molar-refractivity contribution in [2.45, 2.75) is 41.5 Å². The minimum Gasteiger partial charge on any atom is 0 e. The van der Waals surface area contributed by atoms with Crippen molar-refractivity contribution in [3.05, 3.63) is 53.3 Å². The van der Waals surface area contributed by atoms with E-state index in [9.17, 15) is 0 Å². The van der Waals surface area contributed by atoms with Crippen LogP contribution in [0.1, 0.15) is 33.4 Å². The molecule has 0 aliphatic heterocycles. The summed E-state index contributed by atoms with van der Waals surface area (Å²) < 4.78 is 22.5. The first-order chi connectivity index (χ1) is 8.46. The van der Waals surface area contributed by atoms with Gasteiger partial charge in [0.15, 0.2) is 0 Å². The standard InChI is InChI=1S/C12H18.3CO.Re/c1-7-8(2)10(4)12(6)11(5)9(7)3;3*1-2;/h1-6H3;;;;. The van der Waals surface area contributed by atoms with Crippen LogP contribution in [0.2, 0.25) is 0 Å². The third-order valence-corrected chi connectivity index (χ3v) is 3.38. The summed E-state index contributed by atoms with van der Waals surface area (Å²) in [6.07, 6.45) is 0. The Morgan fingerprint density at radius 1 is 0.421 bits per heavy atom. The average molecular weight is 433 g/mol. The van der Waals surface area contributed by atoms with Gasteiger partial charge >= 0.3 is 33.9 Å². The zero-order chi connectivity index (χ0) is 15.5. The van der Waals surface area contributed by atoms with E-state index < -0.39 is 0 Å². The Morgan fingerprint density at radius 2 is 0.474 bits per heavy atom. The Kier molecular flexibility index (Phi) is 21.2. The van der Waals surface area contributed by atoms with Crippen LogP contribution in [0.4, 0.5) is 0 Å². The Balaban J connectivity index is -0.000000142. The van der Waals surface area contributed by atoms with Crippen LogP contribution in [0.5, 0.6) is 0 Å². The first kappa shape index (κ1) is 26.6. The minimum absolute atomic E-state index is 0. The van der Waals surface area contributed by atoms with Crippen LogP contribution in [-0.2, 0) is 34.4 Å². The van der Waals surface area contributed by atoms with Gasteiger partial charge in [-0.05, 0) is 74.9 Å². The number of hydrogen-bond donors (Lipinski definition) is 0. The zero-order valence-corrected chi connectivity index (χ0v) is 14.8. The van der Waals surface area contributed by atoms with Gasteiger partial charge in [-0.15, -0.1) is 0 Å². The third kappa shape index (κ3) is 7.31. The smallest absolute Gasteiger partial charge is 0 e. The van der Waals surface area contributed by atoms with Crippen molar-refractivity contribution in [1.82, 2.24) is 0 Å². The fourth-order valence-corrected chi connectivity index (χ4v) is 1.69. The van der Waals surface area contributed by atoms with E-state index in [1.807, 2.05) is 0 Å². The molecule has 0 spiro atoms. The van der Waals surface area contributed by atoms with Gasteiger partial charge in [-0.1, -0.05) is 0 Å². The molecule has 0 bridgehead atoms. The molecule has 0 saturated carbocycles. The second-order valence-corrected chi connectivity index (χ2v) is 3.75. The Morgan fingerprint density at radius 3 is 0.526 bits per heavy atom. The average Bonchev–Trinajstić information content (AvgIpc) is 2.47. The van der Waals surface area contributed by atoms with Gasteiger partial charge in [0.05, 0.1) is 0 Å². The van der Waals surface area contributed by atoms with Crippen LogP contribution >= 0.6 is 0 Å². The molecule has 0 saturated heterocycles. The van der Waals surface area contributed by atoms with Gasteiger partial charge < -0.3 is 0 Å². The van der Waals surface area contributed by atoms with Crippen LogP contribution in [-0.4, -0.2) is 0 Å². The van der Waals surface area contributed by atoms with Gasteiger partial charge in [0.25, 0.3) is 0 Å². The summed E-state index contributed by atoms with van der Waals surface area (Å²) in [5.41, 5.74) is 8.73. The summed E-state index contributed by atoms with van der Waals surface area (Å²) in [7, 11) is 0. The van der Waals surface area contributed by atoms with Crippen LogP contribution in [0.3, 0.4) is 0 Å². The molecule has 4 heteroatoms. The van der Waals surface area contributed by atoms with Gasteiger partial charge in [-0.2, -0.15) is 0 Å². The predicted molar refractivity (Wildman–Crippen MR) is 66.7 cm³/mol. The van der Waals surface area contributed by atoms with Crippen molar-refractivity contribution in [3.63, 3.8) is 0 Å². The topological polar surface area (TPSA) is 59.7 Å². The maximum absolute atomic E-state index is 7.50. The van der Waals surface area contributed by atoms with Gasteiger partial charge in [0, 0.05) is 20.4 Å². The molecule has 1 radical (unpaired) electrons. The van der Waals surface area contributed by atoms with Crippen molar-refractivity contribution in [2.24, 2.45) is 0 Å². The zero-order valence-electron chi connectivity index (χ0n) is 12.1. The van der Waals surface area contributed by atoms with E-state index >= 15 is 0 Å². The van der Waals surface area contributed by atoms with Crippen LogP contribution in [0.25, 0.3) is 0 Å². The molecule has 0 atom stereocenters. The summed E-state index contributed by atoms with van der Waals surface area (Å²) in [4.78, 5) is 0. The molecule has 0 aliphatic rings. The maximum atomic E-state index is 7.50. The quantitative estimate of drug-likeness (QED) is 0.446. The van der Waals surface area contributed by atoms with Gasteiger partial charge in [-0.25, -0.2) is 0 Å². The molecule has 0 unspecified atom stereocenters. The Hall–Kier alpha value is -0.898. The molecule has 103 valence electrons. The molecule has 3 nitrogen and oxygen atoms in total. The van der Waals surface area contributed by atoms with E-state index in [2.05, 4.69) is 61.5 Å². The molecule has 1 aromatic carbocycles. The third-order valence-electron chi connectivity index (χ3n) is 3.38. The van der Waals surface area contributed by atoms with Crippen molar-refractivity contribution in [2.75, 3.05) is 0 Å². The summed E-state index contributed by atoms with van der Waals surface area (Å²) in [6, 6.07) is 0. The molecular formula is C15H18O3Re. The molecule has 0 heterocycles.